The molecule has 0 saturated heterocycles. The van der Waals surface area contributed by atoms with Gasteiger partial charge in [0, 0.05) is 24.7 Å². The fourth-order valence-electron chi connectivity index (χ4n) is 4.65. The van der Waals surface area contributed by atoms with Gasteiger partial charge in [-0.25, -0.2) is 27.5 Å². The zero-order chi connectivity index (χ0) is 25.6. The molecule has 11 heteroatoms. The molecule has 5 heterocycles. The fraction of sp³-hybridized carbons (Fsp3) is 0.192. The van der Waals surface area contributed by atoms with Crippen molar-refractivity contribution in [1.29, 1.82) is 0 Å². The van der Waals surface area contributed by atoms with Crippen molar-refractivity contribution < 1.29 is 12.8 Å². The van der Waals surface area contributed by atoms with Crippen LogP contribution in [0.3, 0.4) is 0 Å². The summed E-state index contributed by atoms with van der Waals surface area (Å²) in [6.45, 7) is 1.75. The molecular formula is C26H24FN7O2S. The summed E-state index contributed by atoms with van der Waals surface area (Å²) in [5.74, 6) is -0.453. The summed E-state index contributed by atoms with van der Waals surface area (Å²) in [5, 5.41) is 11.7. The van der Waals surface area contributed by atoms with Gasteiger partial charge in [-0.1, -0.05) is 6.08 Å². The number of benzene rings is 1. The number of hydrogen-bond acceptors (Lipinski definition) is 6. The van der Waals surface area contributed by atoms with E-state index in [9.17, 15) is 12.8 Å². The number of aromatic nitrogens is 5. The first-order valence-electron chi connectivity index (χ1n) is 11.8. The second kappa shape index (κ2) is 9.18. The lowest BCUT2D eigenvalue weighted by atomic mass is 10.0. The highest BCUT2D eigenvalue weighted by atomic mass is 32.2. The highest BCUT2D eigenvalue weighted by molar-refractivity contribution is 7.88. The predicted octanol–water partition coefficient (Wildman–Crippen LogP) is 3.73. The lowest BCUT2D eigenvalue weighted by molar-refractivity contribution is 0.586. The van der Waals surface area contributed by atoms with E-state index in [0.29, 0.717) is 22.5 Å². The first kappa shape index (κ1) is 23.5. The van der Waals surface area contributed by atoms with Gasteiger partial charge in [0.15, 0.2) is 0 Å². The summed E-state index contributed by atoms with van der Waals surface area (Å²) in [7, 11) is -3.41. The molecule has 0 spiro atoms. The SMILES string of the molecule is CS(=O)(=O)NCc1cc(F)cc(-c2ccnc3[nH]c(-c4n[nH]c5ccc(C6=CCNCC6)nc45)cc23)c1. The topological polar surface area (TPSA) is 128 Å². The molecule has 4 aromatic heterocycles. The van der Waals surface area contributed by atoms with Crippen LogP contribution in [0.4, 0.5) is 4.39 Å². The zero-order valence-electron chi connectivity index (χ0n) is 20.0. The van der Waals surface area contributed by atoms with Crippen molar-refractivity contribution in [1.82, 2.24) is 35.2 Å². The zero-order valence-corrected chi connectivity index (χ0v) is 20.8. The summed E-state index contributed by atoms with van der Waals surface area (Å²) in [6, 6.07) is 12.3. The first-order chi connectivity index (χ1) is 17.8. The average molecular weight is 518 g/mol. The molecule has 6 rings (SSSR count). The Morgan fingerprint density at radius 1 is 1.14 bits per heavy atom. The molecule has 37 heavy (non-hydrogen) atoms. The fourth-order valence-corrected chi connectivity index (χ4v) is 5.08. The van der Waals surface area contributed by atoms with Gasteiger partial charge in [0.05, 0.1) is 23.2 Å². The Morgan fingerprint density at radius 3 is 2.84 bits per heavy atom. The predicted molar refractivity (Wildman–Crippen MR) is 142 cm³/mol. The van der Waals surface area contributed by atoms with Crippen LogP contribution in [-0.2, 0) is 16.6 Å². The number of fused-ring (bicyclic) bond motifs is 2. The molecule has 0 radical (unpaired) electrons. The molecule has 0 aliphatic carbocycles. The number of nitrogens with zero attached hydrogens (tertiary/aromatic N) is 3. The van der Waals surface area contributed by atoms with E-state index in [2.05, 4.69) is 36.3 Å². The van der Waals surface area contributed by atoms with Gasteiger partial charge in [-0.05, 0) is 77.7 Å². The number of aromatic amines is 2. The minimum Gasteiger partial charge on any atom is -0.338 e. The molecular weight excluding hydrogens is 493 g/mol. The van der Waals surface area contributed by atoms with E-state index in [1.807, 2.05) is 24.3 Å². The second-order valence-electron chi connectivity index (χ2n) is 9.09. The Labute approximate surface area is 212 Å². The lowest BCUT2D eigenvalue weighted by Gasteiger charge is -2.13. The number of halogens is 1. The van der Waals surface area contributed by atoms with Crippen LogP contribution in [0.25, 0.3) is 50.2 Å². The second-order valence-corrected chi connectivity index (χ2v) is 10.9. The van der Waals surface area contributed by atoms with E-state index in [4.69, 9.17) is 4.98 Å². The number of sulfonamides is 1. The number of hydrogen-bond donors (Lipinski definition) is 4. The summed E-state index contributed by atoms with van der Waals surface area (Å²) in [6.07, 6.45) is 5.80. The van der Waals surface area contributed by atoms with Crippen molar-refractivity contribution in [3.63, 3.8) is 0 Å². The molecule has 4 N–H and O–H groups in total. The quantitative estimate of drug-likeness (QED) is 0.272. The molecule has 0 saturated carbocycles. The molecule has 1 aliphatic heterocycles. The van der Waals surface area contributed by atoms with E-state index in [0.717, 1.165) is 59.1 Å². The maximum Gasteiger partial charge on any atom is 0.209 e. The third-order valence-corrected chi connectivity index (χ3v) is 7.06. The molecule has 0 fully saturated rings. The van der Waals surface area contributed by atoms with Gasteiger partial charge >= 0.3 is 0 Å². The number of nitrogens with one attached hydrogen (secondary N) is 4. The van der Waals surface area contributed by atoms with Gasteiger partial charge in [-0.3, -0.25) is 5.10 Å². The monoisotopic (exact) mass is 517 g/mol. The van der Waals surface area contributed by atoms with Gasteiger partial charge < -0.3 is 10.3 Å². The van der Waals surface area contributed by atoms with E-state index in [1.165, 1.54) is 17.7 Å². The van der Waals surface area contributed by atoms with Crippen molar-refractivity contribution in [3.8, 4) is 22.5 Å². The van der Waals surface area contributed by atoms with E-state index < -0.39 is 15.8 Å². The van der Waals surface area contributed by atoms with Crippen molar-refractivity contribution in [3.05, 3.63) is 71.8 Å². The van der Waals surface area contributed by atoms with Gasteiger partial charge in [0.25, 0.3) is 0 Å². The number of H-pyrrole nitrogens is 2. The van der Waals surface area contributed by atoms with Crippen molar-refractivity contribution in [2.45, 2.75) is 13.0 Å². The molecule has 0 bridgehead atoms. The van der Waals surface area contributed by atoms with Crippen LogP contribution in [0.1, 0.15) is 17.7 Å². The molecule has 9 nitrogen and oxygen atoms in total. The maximum absolute atomic E-state index is 14.5. The highest BCUT2D eigenvalue weighted by Crippen LogP contribution is 2.34. The smallest absolute Gasteiger partial charge is 0.209 e. The average Bonchev–Trinajstić information content (AvgIpc) is 3.51. The summed E-state index contributed by atoms with van der Waals surface area (Å²) >= 11 is 0. The van der Waals surface area contributed by atoms with Gasteiger partial charge in [0.1, 0.15) is 22.7 Å². The van der Waals surface area contributed by atoms with Gasteiger partial charge in [-0.15, -0.1) is 0 Å². The van der Waals surface area contributed by atoms with Crippen LogP contribution in [0.2, 0.25) is 0 Å². The van der Waals surface area contributed by atoms with Crippen molar-refractivity contribution >= 4 is 37.7 Å². The van der Waals surface area contributed by atoms with Gasteiger partial charge in [0.2, 0.25) is 10.0 Å². The minimum atomic E-state index is -3.41. The van der Waals surface area contributed by atoms with Crippen LogP contribution < -0.4 is 10.0 Å². The normalized spacial score (nSPS) is 14.4. The number of pyridine rings is 2. The highest BCUT2D eigenvalue weighted by Gasteiger charge is 2.17. The number of rotatable bonds is 6. The third-order valence-electron chi connectivity index (χ3n) is 6.39. The Hall–Kier alpha value is -3.93. The molecule has 1 aromatic carbocycles. The summed E-state index contributed by atoms with van der Waals surface area (Å²) in [4.78, 5) is 12.7. The van der Waals surface area contributed by atoms with E-state index >= 15 is 0 Å². The maximum atomic E-state index is 14.5. The Morgan fingerprint density at radius 2 is 2.03 bits per heavy atom. The molecule has 0 atom stereocenters. The minimum absolute atomic E-state index is 0.00400. The molecule has 1 aliphatic rings. The largest absolute Gasteiger partial charge is 0.338 e. The van der Waals surface area contributed by atoms with Crippen molar-refractivity contribution in [2.24, 2.45) is 0 Å². The van der Waals surface area contributed by atoms with Crippen molar-refractivity contribution in [2.75, 3.05) is 19.3 Å². The molecule has 5 aromatic rings. The standard InChI is InChI=1S/C26H24FN7O2S/c1-37(35,36)30-14-15-10-17(12-18(27)11-15)19-6-9-29-26-20(19)13-23(32-26)25-24-22(33-34-25)3-2-21(31-24)16-4-7-28-8-5-16/h2-4,6,9-13,28,30H,5,7-8,14H2,1H3,(H,29,32)(H,33,34). The first-order valence-corrected chi connectivity index (χ1v) is 13.7. The van der Waals surface area contributed by atoms with Crippen LogP contribution in [0, 0.1) is 5.82 Å². The van der Waals surface area contributed by atoms with Gasteiger partial charge in [-0.2, -0.15) is 5.10 Å². The summed E-state index contributed by atoms with van der Waals surface area (Å²) in [5.41, 5.74) is 7.66. The Bertz CT molecular complexity index is 1790. The van der Waals surface area contributed by atoms with Crippen LogP contribution in [-0.4, -0.2) is 52.9 Å². The molecule has 0 unspecified atom stereocenters. The Balaban J connectivity index is 1.42. The van der Waals surface area contributed by atoms with E-state index in [1.54, 1.807) is 12.3 Å². The van der Waals surface area contributed by atoms with Crippen LogP contribution in [0.15, 0.2) is 54.7 Å². The van der Waals surface area contributed by atoms with E-state index in [-0.39, 0.29) is 6.54 Å². The molecule has 0 amide bonds. The van der Waals surface area contributed by atoms with Crippen LogP contribution in [0.5, 0.6) is 0 Å². The summed E-state index contributed by atoms with van der Waals surface area (Å²) < 4.78 is 39.9. The Kier molecular flexibility index (Phi) is 5.82. The van der Waals surface area contributed by atoms with Crippen LogP contribution >= 0.6 is 0 Å². The molecule has 188 valence electrons. The third kappa shape index (κ3) is 4.76. The lowest BCUT2D eigenvalue weighted by Crippen LogP contribution is -2.21.